The van der Waals surface area contributed by atoms with Crippen molar-refractivity contribution in [3.8, 4) is 0 Å². The van der Waals surface area contributed by atoms with E-state index in [1.165, 1.54) is 5.56 Å². The molecule has 0 radical (unpaired) electrons. The molecule has 0 saturated carbocycles. The van der Waals surface area contributed by atoms with Gasteiger partial charge in [-0.25, -0.2) is 0 Å². The van der Waals surface area contributed by atoms with E-state index in [1.807, 2.05) is 6.07 Å². The Labute approximate surface area is 112 Å². The Hall–Kier alpha value is -1.06. The van der Waals surface area contributed by atoms with E-state index in [4.69, 9.17) is 11.6 Å². The summed E-state index contributed by atoms with van der Waals surface area (Å²) in [6.07, 6.45) is 0.946. The van der Waals surface area contributed by atoms with Crippen molar-refractivity contribution in [2.45, 2.75) is 25.3 Å². The van der Waals surface area contributed by atoms with Gasteiger partial charge in [-0.2, -0.15) is 0 Å². The van der Waals surface area contributed by atoms with Crippen molar-refractivity contribution in [1.82, 2.24) is 10.2 Å². The zero-order chi connectivity index (χ0) is 12.9. The second-order valence-electron chi connectivity index (χ2n) is 5.30. The topological polar surface area (TPSA) is 32.3 Å². The fourth-order valence-corrected chi connectivity index (χ4v) is 3.46. The van der Waals surface area contributed by atoms with Crippen molar-refractivity contribution in [2.24, 2.45) is 0 Å². The number of hydrogen-bond donors (Lipinski definition) is 1. The lowest BCUT2D eigenvalue weighted by molar-refractivity contribution is 0.0923. The third kappa shape index (κ3) is 1.73. The number of rotatable bonds is 1. The van der Waals surface area contributed by atoms with Crippen LogP contribution in [-0.4, -0.2) is 37.0 Å². The number of carbonyl (C=O) groups is 1. The van der Waals surface area contributed by atoms with Crippen LogP contribution >= 0.6 is 11.6 Å². The van der Waals surface area contributed by atoms with Crippen LogP contribution in [0.1, 0.15) is 34.3 Å². The number of nitrogens with one attached hydrogen (secondary N) is 1. The Morgan fingerprint density at radius 1 is 1.44 bits per heavy atom. The van der Waals surface area contributed by atoms with Crippen molar-refractivity contribution in [3.05, 3.63) is 33.8 Å². The lowest BCUT2D eigenvalue weighted by atomic mass is 9.85. The van der Waals surface area contributed by atoms with E-state index in [0.29, 0.717) is 16.5 Å². The van der Waals surface area contributed by atoms with Gasteiger partial charge in [-0.05, 0) is 30.7 Å². The summed E-state index contributed by atoms with van der Waals surface area (Å²) in [6.45, 7) is 4.02. The lowest BCUT2D eigenvalue weighted by Gasteiger charge is -2.29. The van der Waals surface area contributed by atoms with Crippen LogP contribution in [0.5, 0.6) is 0 Å². The van der Waals surface area contributed by atoms with E-state index < -0.39 is 0 Å². The van der Waals surface area contributed by atoms with E-state index in [0.717, 1.165) is 25.1 Å². The lowest BCUT2D eigenvalue weighted by Crippen LogP contribution is -2.44. The van der Waals surface area contributed by atoms with Crippen LogP contribution in [0, 0.1) is 0 Å². The summed E-state index contributed by atoms with van der Waals surface area (Å²) in [4.78, 5) is 14.4. The van der Waals surface area contributed by atoms with Gasteiger partial charge in [0.2, 0.25) is 0 Å². The molecule has 3 rings (SSSR count). The average molecular weight is 265 g/mol. The smallest absolute Gasteiger partial charge is 0.253 e. The number of aryl methyl sites for hydroxylation is 1. The monoisotopic (exact) mass is 264 g/mol. The summed E-state index contributed by atoms with van der Waals surface area (Å²) in [7, 11) is 2.09. The number of fused-ring (bicyclic) bond motifs is 3. The average Bonchev–Trinajstić information content (AvgIpc) is 2.69. The standard InChI is InChI=1S/C14H17ClN2O/c1-3-8-4-9-10-6-17(2)7-12(10)16-14(18)13(9)11(15)5-8/h4-5,10,12H,3,6-7H2,1-2H3,(H,16,18)/t10-,12+/m1/s1. The number of carbonyl (C=O) groups excluding carboxylic acids is 1. The fourth-order valence-electron chi connectivity index (χ4n) is 3.12. The van der Waals surface area contributed by atoms with Crippen LogP contribution in [0.4, 0.5) is 0 Å². The van der Waals surface area contributed by atoms with Gasteiger partial charge in [0.25, 0.3) is 5.91 Å². The van der Waals surface area contributed by atoms with E-state index in [1.54, 1.807) is 0 Å². The largest absolute Gasteiger partial charge is 0.347 e. The number of benzene rings is 1. The first-order valence-corrected chi connectivity index (χ1v) is 6.79. The van der Waals surface area contributed by atoms with Crippen molar-refractivity contribution in [2.75, 3.05) is 20.1 Å². The van der Waals surface area contributed by atoms with Gasteiger partial charge < -0.3 is 10.2 Å². The molecule has 4 heteroatoms. The minimum absolute atomic E-state index is 0.0193. The highest BCUT2D eigenvalue weighted by Crippen LogP contribution is 2.37. The number of halogens is 1. The molecule has 2 atom stereocenters. The van der Waals surface area contributed by atoms with Crippen LogP contribution in [-0.2, 0) is 6.42 Å². The highest BCUT2D eigenvalue weighted by atomic mass is 35.5. The number of nitrogens with zero attached hydrogens (tertiary/aromatic N) is 1. The molecule has 2 heterocycles. The molecule has 2 aliphatic rings. The van der Waals surface area contributed by atoms with Crippen LogP contribution in [0.15, 0.2) is 12.1 Å². The second kappa shape index (κ2) is 4.25. The highest BCUT2D eigenvalue weighted by molar-refractivity contribution is 6.34. The first-order chi connectivity index (χ1) is 8.60. The zero-order valence-corrected chi connectivity index (χ0v) is 11.4. The molecule has 0 aliphatic carbocycles. The van der Waals surface area contributed by atoms with Gasteiger partial charge in [-0.3, -0.25) is 4.79 Å². The van der Waals surface area contributed by atoms with E-state index >= 15 is 0 Å². The van der Waals surface area contributed by atoms with Gasteiger partial charge in [0.15, 0.2) is 0 Å². The molecular weight excluding hydrogens is 248 g/mol. The van der Waals surface area contributed by atoms with Crippen LogP contribution < -0.4 is 5.32 Å². The molecule has 0 aromatic heterocycles. The van der Waals surface area contributed by atoms with E-state index in [2.05, 4.69) is 30.3 Å². The fraction of sp³-hybridized carbons (Fsp3) is 0.500. The Bertz CT molecular complexity index is 515. The quantitative estimate of drug-likeness (QED) is 0.842. The summed E-state index contributed by atoms with van der Waals surface area (Å²) in [6, 6.07) is 4.31. The van der Waals surface area contributed by atoms with Crippen molar-refractivity contribution in [1.29, 1.82) is 0 Å². The van der Waals surface area contributed by atoms with Gasteiger partial charge in [0.05, 0.1) is 10.6 Å². The maximum absolute atomic E-state index is 12.1. The maximum Gasteiger partial charge on any atom is 0.253 e. The SMILES string of the molecule is CCc1cc(Cl)c2c(c1)[C@H]1CN(C)C[C@@H]1NC2=O. The van der Waals surface area contributed by atoms with Gasteiger partial charge in [-0.1, -0.05) is 24.6 Å². The van der Waals surface area contributed by atoms with Gasteiger partial charge in [-0.15, -0.1) is 0 Å². The van der Waals surface area contributed by atoms with Crippen LogP contribution in [0.25, 0.3) is 0 Å². The van der Waals surface area contributed by atoms with Crippen molar-refractivity contribution in [3.63, 3.8) is 0 Å². The molecule has 2 aliphatic heterocycles. The molecule has 0 unspecified atom stereocenters. The van der Waals surface area contributed by atoms with Gasteiger partial charge >= 0.3 is 0 Å². The Morgan fingerprint density at radius 3 is 2.94 bits per heavy atom. The minimum Gasteiger partial charge on any atom is -0.347 e. The molecule has 1 aromatic carbocycles. The molecule has 1 saturated heterocycles. The maximum atomic E-state index is 12.1. The number of hydrogen-bond acceptors (Lipinski definition) is 2. The normalized spacial score (nSPS) is 26.7. The molecular formula is C14H17ClN2O. The molecule has 96 valence electrons. The number of amides is 1. The highest BCUT2D eigenvalue weighted by Gasteiger charge is 2.40. The summed E-state index contributed by atoms with van der Waals surface area (Å²) < 4.78 is 0. The van der Waals surface area contributed by atoms with Crippen molar-refractivity contribution >= 4 is 17.5 Å². The van der Waals surface area contributed by atoms with Crippen LogP contribution in [0.2, 0.25) is 5.02 Å². The van der Waals surface area contributed by atoms with Gasteiger partial charge in [0, 0.05) is 25.0 Å². The third-order valence-corrected chi connectivity index (χ3v) is 4.33. The zero-order valence-electron chi connectivity index (χ0n) is 10.7. The third-order valence-electron chi connectivity index (χ3n) is 4.03. The first-order valence-electron chi connectivity index (χ1n) is 6.42. The summed E-state index contributed by atoms with van der Waals surface area (Å²) >= 11 is 6.27. The Balaban J connectivity index is 2.14. The Kier molecular flexibility index (Phi) is 2.83. The molecule has 3 nitrogen and oxygen atoms in total. The molecule has 18 heavy (non-hydrogen) atoms. The predicted molar refractivity (Wildman–Crippen MR) is 72.3 cm³/mol. The molecule has 1 amide bonds. The van der Waals surface area contributed by atoms with Crippen LogP contribution in [0.3, 0.4) is 0 Å². The van der Waals surface area contributed by atoms with Crippen molar-refractivity contribution < 1.29 is 4.79 Å². The molecule has 1 N–H and O–H groups in total. The second-order valence-corrected chi connectivity index (χ2v) is 5.71. The Morgan fingerprint density at radius 2 is 2.22 bits per heavy atom. The minimum atomic E-state index is -0.0193. The summed E-state index contributed by atoms with van der Waals surface area (Å²) in [5.74, 6) is 0.362. The predicted octanol–water partition coefficient (Wildman–Crippen LogP) is 2.04. The van der Waals surface area contributed by atoms with E-state index in [-0.39, 0.29) is 11.9 Å². The number of likely N-dealkylation sites (tertiary alicyclic amines) is 1. The molecule has 0 spiro atoms. The summed E-state index contributed by atoms with van der Waals surface area (Å²) in [5.41, 5.74) is 3.03. The first kappa shape index (κ1) is 12.0. The molecule has 1 fully saturated rings. The van der Waals surface area contributed by atoms with E-state index in [9.17, 15) is 4.79 Å². The molecule has 0 bridgehead atoms. The number of likely N-dealkylation sites (N-methyl/N-ethyl adjacent to an activating group) is 1. The van der Waals surface area contributed by atoms with Gasteiger partial charge in [0.1, 0.15) is 0 Å². The summed E-state index contributed by atoms with van der Waals surface area (Å²) in [5, 5.41) is 3.67. The molecule has 1 aromatic rings.